The first-order chi connectivity index (χ1) is 7.91. The van der Waals surface area contributed by atoms with Gasteiger partial charge >= 0.3 is 0 Å². The zero-order valence-corrected chi connectivity index (χ0v) is 11.2. The summed E-state index contributed by atoms with van der Waals surface area (Å²) in [6.07, 6.45) is 0. The third-order valence-electron chi connectivity index (χ3n) is 3.07. The first kappa shape index (κ1) is 14.1. The minimum Gasteiger partial charge on any atom is -0.329 e. The zero-order chi connectivity index (χ0) is 13.1. The number of hydrogen-bond acceptors (Lipinski definition) is 2. The highest BCUT2D eigenvalue weighted by atomic mass is 19.1. The Balaban J connectivity index is 3.10. The highest BCUT2D eigenvalue weighted by Gasteiger charge is 2.29. The maximum Gasteiger partial charge on any atom is 0.128 e. The molecule has 0 radical (unpaired) electrons. The molecule has 96 valence electrons. The fourth-order valence-electron chi connectivity index (χ4n) is 2.33. The van der Waals surface area contributed by atoms with Crippen molar-refractivity contribution in [2.45, 2.75) is 39.3 Å². The van der Waals surface area contributed by atoms with Crippen LogP contribution in [0, 0.1) is 5.82 Å². The maximum atomic E-state index is 13.8. The summed E-state index contributed by atoms with van der Waals surface area (Å²) in [5.74, 6) is -0.175. The third-order valence-corrected chi connectivity index (χ3v) is 3.07. The van der Waals surface area contributed by atoms with Crippen molar-refractivity contribution in [3.05, 3.63) is 35.6 Å². The standard InChI is InChI=1S/C14H23FN2/c1-5-17(14(2,3)4)13(10-16)11-8-6-7-9-12(11)15/h6-9,13H,5,10,16H2,1-4H3. The van der Waals surface area contributed by atoms with Crippen molar-refractivity contribution in [3.8, 4) is 0 Å². The first-order valence-corrected chi connectivity index (χ1v) is 6.13. The Morgan fingerprint density at radius 2 is 1.88 bits per heavy atom. The van der Waals surface area contributed by atoms with Gasteiger partial charge in [-0.05, 0) is 33.4 Å². The Hall–Kier alpha value is -0.930. The Morgan fingerprint density at radius 3 is 2.29 bits per heavy atom. The number of likely N-dealkylation sites (N-methyl/N-ethyl adjacent to an activating group) is 1. The van der Waals surface area contributed by atoms with Crippen LogP contribution in [0.2, 0.25) is 0 Å². The van der Waals surface area contributed by atoms with E-state index in [4.69, 9.17) is 5.73 Å². The smallest absolute Gasteiger partial charge is 0.128 e. The van der Waals surface area contributed by atoms with Gasteiger partial charge in [0.05, 0.1) is 6.04 Å². The number of rotatable bonds is 4. The quantitative estimate of drug-likeness (QED) is 0.874. The molecule has 1 atom stereocenters. The fraction of sp³-hybridized carbons (Fsp3) is 0.571. The molecule has 0 heterocycles. The molecule has 0 amide bonds. The topological polar surface area (TPSA) is 29.3 Å². The lowest BCUT2D eigenvalue weighted by Gasteiger charge is -2.41. The number of nitrogens with two attached hydrogens (primary N) is 1. The normalized spacial score (nSPS) is 14.1. The molecule has 17 heavy (non-hydrogen) atoms. The minimum absolute atomic E-state index is 0.0267. The van der Waals surface area contributed by atoms with Crippen LogP contribution >= 0.6 is 0 Å². The van der Waals surface area contributed by atoms with Crippen LogP contribution in [0.5, 0.6) is 0 Å². The SMILES string of the molecule is CCN(C(CN)c1ccccc1F)C(C)(C)C. The summed E-state index contributed by atoms with van der Waals surface area (Å²) in [7, 11) is 0. The number of hydrogen-bond donors (Lipinski definition) is 1. The van der Waals surface area contributed by atoms with Gasteiger partial charge in [-0.2, -0.15) is 0 Å². The Morgan fingerprint density at radius 1 is 1.29 bits per heavy atom. The van der Waals surface area contributed by atoms with Crippen molar-refractivity contribution in [1.82, 2.24) is 4.90 Å². The third kappa shape index (κ3) is 3.27. The lowest BCUT2D eigenvalue weighted by Crippen LogP contribution is -2.46. The second kappa shape index (κ2) is 5.61. The monoisotopic (exact) mass is 238 g/mol. The average Bonchev–Trinajstić information content (AvgIpc) is 2.25. The second-order valence-corrected chi connectivity index (χ2v) is 5.23. The van der Waals surface area contributed by atoms with E-state index < -0.39 is 0 Å². The summed E-state index contributed by atoms with van der Waals surface area (Å²) in [5, 5.41) is 0. The van der Waals surface area contributed by atoms with Gasteiger partial charge in [0.2, 0.25) is 0 Å². The van der Waals surface area contributed by atoms with Crippen molar-refractivity contribution in [1.29, 1.82) is 0 Å². The van der Waals surface area contributed by atoms with Gasteiger partial charge in [0.25, 0.3) is 0 Å². The van der Waals surface area contributed by atoms with Crippen molar-refractivity contribution in [2.75, 3.05) is 13.1 Å². The van der Waals surface area contributed by atoms with E-state index in [0.29, 0.717) is 12.1 Å². The molecule has 0 aromatic heterocycles. The Labute approximate surface area is 104 Å². The van der Waals surface area contributed by atoms with E-state index in [9.17, 15) is 4.39 Å². The molecule has 0 bridgehead atoms. The van der Waals surface area contributed by atoms with E-state index in [1.54, 1.807) is 6.07 Å². The van der Waals surface area contributed by atoms with Crippen molar-refractivity contribution >= 4 is 0 Å². The molecule has 0 aliphatic heterocycles. The average molecular weight is 238 g/mol. The molecule has 3 heteroatoms. The summed E-state index contributed by atoms with van der Waals surface area (Å²) in [5.41, 5.74) is 6.50. The van der Waals surface area contributed by atoms with E-state index >= 15 is 0 Å². The molecule has 0 aliphatic carbocycles. The van der Waals surface area contributed by atoms with Crippen LogP contribution < -0.4 is 5.73 Å². The molecule has 0 saturated carbocycles. The molecule has 1 aromatic carbocycles. The lowest BCUT2D eigenvalue weighted by atomic mass is 9.97. The van der Waals surface area contributed by atoms with Gasteiger partial charge in [-0.1, -0.05) is 25.1 Å². The van der Waals surface area contributed by atoms with Gasteiger partial charge in [0, 0.05) is 17.6 Å². The predicted octanol–water partition coefficient (Wildman–Crippen LogP) is 2.95. The molecular formula is C14H23FN2. The Kier molecular flexibility index (Phi) is 4.66. The van der Waals surface area contributed by atoms with Crippen molar-refractivity contribution in [3.63, 3.8) is 0 Å². The summed E-state index contributed by atoms with van der Waals surface area (Å²) in [6, 6.07) is 6.81. The van der Waals surface area contributed by atoms with E-state index in [-0.39, 0.29) is 17.4 Å². The summed E-state index contributed by atoms with van der Waals surface area (Å²) >= 11 is 0. The van der Waals surface area contributed by atoms with Gasteiger partial charge in [-0.25, -0.2) is 4.39 Å². The largest absolute Gasteiger partial charge is 0.329 e. The molecule has 1 aromatic rings. The van der Waals surface area contributed by atoms with Gasteiger partial charge in [0.1, 0.15) is 5.82 Å². The van der Waals surface area contributed by atoms with Crippen LogP contribution in [0.3, 0.4) is 0 Å². The maximum absolute atomic E-state index is 13.8. The Bertz CT molecular complexity index is 357. The molecule has 2 N–H and O–H groups in total. The van der Waals surface area contributed by atoms with E-state index in [1.807, 2.05) is 12.1 Å². The number of benzene rings is 1. The molecule has 1 unspecified atom stereocenters. The van der Waals surface area contributed by atoms with Gasteiger partial charge in [-0.15, -0.1) is 0 Å². The van der Waals surface area contributed by atoms with Gasteiger partial charge < -0.3 is 5.73 Å². The van der Waals surface area contributed by atoms with Crippen molar-refractivity contribution in [2.24, 2.45) is 5.73 Å². The molecule has 0 aliphatic rings. The molecule has 2 nitrogen and oxygen atoms in total. The van der Waals surface area contributed by atoms with Crippen LogP contribution in [0.4, 0.5) is 4.39 Å². The number of halogens is 1. The van der Waals surface area contributed by atoms with Gasteiger partial charge in [-0.3, -0.25) is 4.90 Å². The summed E-state index contributed by atoms with van der Waals surface area (Å²) < 4.78 is 13.8. The summed E-state index contributed by atoms with van der Waals surface area (Å²) in [6.45, 7) is 9.72. The van der Waals surface area contributed by atoms with Crippen LogP contribution in [0.1, 0.15) is 39.3 Å². The molecule has 0 fully saturated rings. The highest BCUT2D eigenvalue weighted by Crippen LogP contribution is 2.28. The van der Waals surface area contributed by atoms with E-state index in [2.05, 4.69) is 32.6 Å². The number of nitrogens with zero attached hydrogens (tertiary/aromatic N) is 1. The zero-order valence-electron chi connectivity index (χ0n) is 11.2. The molecular weight excluding hydrogens is 215 g/mol. The van der Waals surface area contributed by atoms with Gasteiger partial charge in [0.15, 0.2) is 0 Å². The highest BCUT2D eigenvalue weighted by molar-refractivity contribution is 5.22. The van der Waals surface area contributed by atoms with Crippen molar-refractivity contribution < 1.29 is 4.39 Å². The summed E-state index contributed by atoms with van der Waals surface area (Å²) in [4.78, 5) is 2.23. The lowest BCUT2D eigenvalue weighted by molar-refractivity contribution is 0.0900. The fourth-order valence-corrected chi connectivity index (χ4v) is 2.33. The van der Waals surface area contributed by atoms with Crippen LogP contribution in [-0.4, -0.2) is 23.5 Å². The first-order valence-electron chi connectivity index (χ1n) is 6.13. The van der Waals surface area contributed by atoms with E-state index in [0.717, 1.165) is 6.54 Å². The minimum atomic E-state index is -0.175. The molecule has 0 saturated heterocycles. The predicted molar refractivity (Wildman–Crippen MR) is 70.3 cm³/mol. The molecule has 0 spiro atoms. The van der Waals surface area contributed by atoms with Crippen LogP contribution in [0.15, 0.2) is 24.3 Å². The van der Waals surface area contributed by atoms with Crippen LogP contribution in [0.25, 0.3) is 0 Å². The van der Waals surface area contributed by atoms with E-state index in [1.165, 1.54) is 6.07 Å². The second-order valence-electron chi connectivity index (χ2n) is 5.23. The molecule has 1 rings (SSSR count). The van der Waals surface area contributed by atoms with Crippen LogP contribution in [-0.2, 0) is 0 Å².